The average molecular weight is 289 g/mol. The maximum Gasteiger partial charge on any atom is 0.262 e. The summed E-state index contributed by atoms with van der Waals surface area (Å²) in [6.07, 6.45) is 1.56. The highest BCUT2D eigenvalue weighted by Gasteiger charge is 2.43. The monoisotopic (exact) mass is 289 g/mol. The van der Waals surface area contributed by atoms with Crippen LogP contribution < -0.4 is 10.6 Å². The van der Waals surface area contributed by atoms with Crippen molar-refractivity contribution in [3.05, 3.63) is 0 Å². The van der Waals surface area contributed by atoms with E-state index in [0.29, 0.717) is 19.5 Å². The van der Waals surface area contributed by atoms with Gasteiger partial charge in [0.15, 0.2) is 0 Å². The summed E-state index contributed by atoms with van der Waals surface area (Å²) in [5.74, 6) is -2.73. The average Bonchev–Trinajstić information content (AvgIpc) is 2.79. The number of hydrogen-bond acceptors (Lipinski definition) is 3. The first kappa shape index (κ1) is 15.2. The molecule has 2 N–H and O–H groups in total. The summed E-state index contributed by atoms with van der Waals surface area (Å²) in [4.78, 5) is 25.1. The number of amides is 2. The maximum atomic E-state index is 13.1. The number of nitrogens with one attached hydrogen (secondary N) is 2. The molecule has 0 spiro atoms. The van der Waals surface area contributed by atoms with Gasteiger partial charge in [0.25, 0.3) is 5.92 Å². The van der Waals surface area contributed by atoms with Crippen molar-refractivity contribution in [2.24, 2.45) is 5.92 Å². The highest BCUT2D eigenvalue weighted by Crippen LogP contribution is 2.27. The van der Waals surface area contributed by atoms with E-state index in [0.717, 1.165) is 12.8 Å². The van der Waals surface area contributed by atoms with E-state index in [2.05, 4.69) is 10.6 Å². The predicted molar refractivity (Wildman–Crippen MR) is 69.3 cm³/mol. The molecule has 0 aliphatic carbocycles. The molecule has 0 bridgehead atoms. The van der Waals surface area contributed by atoms with Gasteiger partial charge in [-0.25, -0.2) is 8.78 Å². The number of carbonyl (C=O) groups is 2. The molecule has 0 saturated carbocycles. The number of piperidine rings is 1. The fraction of sp³-hybridized carbons (Fsp3) is 0.846. The van der Waals surface area contributed by atoms with Crippen LogP contribution in [0.15, 0.2) is 0 Å². The molecule has 1 atom stereocenters. The Labute approximate surface area is 117 Å². The van der Waals surface area contributed by atoms with Crippen molar-refractivity contribution in [2.45, 2.75) is 37.6 Å². The van der Waals surface area contributed by atoms with Crippen LogP contribution in [-0.4, -0.2) is 55.4 Å². The molecule has 0 aromatic carbocycles. The molecule has 0 radical (unpaired) electrons. The zero-order valence-electron chi connectivity index (χ0n) is 11.6. The normalized spacial score (nSPS) is 26.6. The Bertz CT molecular complexity index is 382. The third-order valence-corrected chi connectivity index (χ3v) is 4.09. The van der Waals surface area contributed by atoms with Crippen molar-refractivity contribution in [3.8, 4) is 0 Å². The molecule has 1 unspecified atom stereocenters. The van der Waals surface area contributed by atoms with E-state index in [-0.39, 0.29) is 17.7 Å². The first-order valence-electron chi connectivity index (χ1n) is 7.02. The predicted octanol–water partition coefficient (Wildman–Crippen LogP) is 0.358. The summed E-state index contributed by atoms with van der Waals surface area (Å²) in [6.45, 7) is 0.672. The third-order valence-electron chi connectivity index (χ3n) is 4.09. The van der Waals surface area contributed by atoms with Crippen molar-refractivity contribution in [1.29, 1.82) is 0 Å². The van der Waals surface area contributed by atoms with Crippen LogP contribution in [0.2, 0.25) is 0 Å². The number of halogens is 2. The number of hydrogen-bond donors (Lipinski definition) is 2. The summed E-state index contributed by atoms with van der Waals surface area (Å²) in [5.41, 5.74) is 0. The van der Waals surface area contributed by atoms with Crippen LogP contribution in [0.25, 0.3) is 0 Å². The van der Waals surface area contributed by atoms with Crippen LogP contribution in [0.4, 0.5) is 8.78 Å². The zero-order chi connectivity index (χ0) is 14.8. The second-order valence-corrected chi connectivity index (χ2v) is 5.64. The van der Waals surface area contributed by atoms with Gasteiger partial charge in [-0.15, -0.1) is 0 Å². The maximum absolute atomic E-state index is 13.1. The Kier molecular flexibility index (Phi) is 4.57. The number of nitrogens with zero attached hydrogens (tertiary/aromatic N) is 1. The minimum absolute atomic E-state index is 0.00637. The van der Waals surface area contributed by atoms with Crippen molar-refractivity contribution < 1.29 is 18.4 Å². The van der Waals surface area contributed by atoms with Crippen LogP contribution in [-0.2, 0) is 9.59 Å². The Hall–Kier alpha value is -1.24. The summed E-state index contributed by atoms with van der Waals surface area (Å²) in [7, 11) is 1.60. The van der Waals surface area contributed by atoms with Crippen molar-refractivity contribution >= 4 is 11.8 Å². The van der Waals surface area contributed by atoms with Gasteiger partial charge in [-0.2, -0.15) is 0 Å². The molecule has 2 saturated heterocycles. The Morgan fingerprint density at radius 1 is 1.35 bits per heavy atom. The van der Waals surface area contributed by atoms with Crippen LogP contribution in [0.5, 0.6) is 0 Å². The lowest BCUT2D eigenvalue weighted by molar-refractivity contribution is -0.135. The van der Waals surface area contributed by atoms with Gasteiger partial charge < -0.3 is 10.2 Å². The number of rotatable bonds is 3. The first-order valence-corrected chi connectivity index (χ1v) is 7.02. The highest BCUT2D eigenvalue weighted by molar-refractivity contribution is 5.82. The van der Waals surface area contributed by atoms with E-state index in [9.17, 15) is 18.4 Å². The lowest BCUT2D eigenvalue weighted by atomic mass is 9.93. The smallest absolute Gasteiger partial charge is 0.262 e. The molecule has 2 heterocycles. The minimum Gasteiger partial charge on any atom is -0.359 e. The van der Waals surface area contributed by atoms with Gasteiger partial charge in [-0.1, -0.05) is 0 Å². The van der Waals surface area contributed by atoms with Gasteiger partial charge in [-0.05, 0) is 18.8 Å². The molecular formula is C13H21F2N3O2. The highest BCUT2D eigenvalue weighted by atomic mass is 19.3. The summed E-state index contributed by atoms with van der Waals surface area (Å²) >= 11 is 0. The van der Waals surface area contributed by atoms with E-state index < -0.39 is 24.9 Å². The Balaban J connectivity index is 1.79. The summed E-state index contributed by atoms with van der Waals surface area (Å²) in [6, 6.07) is -0.763. The molecule has 2 aliphatic rings. The van der Waals surface area contributed by atoms with Gasteiger partial charge in [0.05, 0.1) is 12.6 Å². The second kappa shape index (κ2) is 6.03. The molecule has 0 aromatic rings. The van der Waals surface area contributed by atoms with E-state index in [4.69, 9.17) is 0 Å². The van der Waals surface area contributed by atoms with Crippen LogP contribution in [0.1, 0.15) is 25.7 Å². The molecule has 114 valence electrons. The van der Waals surface area contributed by atoms with Gasteiger partial charge in [0.1, 0.15) is 0 Å². The zero-order valence-corrected chi connectivity index (χ0v) is 11.6. The molecule has 2 rings (SSSR count). The molecule has 2 aliphatic heterocycles. The summed E-state index contributed by atoms with van der Waals surface area (Å²) < 4.78 is 26.2. The van der Waals surface area contributed by atoms with Crippen LogP contribution >= 0.6 is 0 Å². The second-order valence-electron chi connectivity index (χ2n) is 5.64. The molecule has 5 nitrogen and oxygen atoms in total. The van der Waals surface area contributed by atoms with Gasteiger partial charge in [0.2, 0.25) is 11.8 Å². The molecule has 0 aromatic heterocycles. The minimum atomic E-state index is -2.78. The lowest BCUT2D eigenvalue weighted by Gasteiger charge is -2.33. The molecular weight excluding hydrogens is 268 g/mol. The van der Waals surface area contributed by atoms with Crippen LogP contribution in [0.3, 0.4) is 0 Å². The standard InChI is InChI=1S/C13H21F2N3O2/c1-16-11(19)6-9-2-4-18(5-3-9)12(20)10-7-13(14,15)8-17-10/h9-10,17H,2-8H2,1H3,(H,16,19). The number of likely N-dealkylation sites (tertiary alicyclic amines) is 1. The Morgan fingerprint density at radius 2 is 2.00 bits per heavy atom. The van der Waals surface area contributed by atoms with E-state index in [1.807, 2.05) is 0 Å². The van der Waals surface area contributed by atoms with Crippen molar-refractivity contribution in [1.82, 2.24) is 15.5 Å². The van der Waals surface area contributed by atoms with Gasteiger partial charge in [-0.3, -0.25) is 14.9 Å². The summed E-state index contributed by atoms with van der Waals surface area (Å²) in [5, 5.41) is 5.18. The van der Waals surface area contributed by atoms with E-state index in [1.165, 1.54) is 0 Å². The SMILES string of the molecule is CNC(=O)CC1CCN(C(=O)C2CC(F)(F)CN2)CC1. The fourth-order valence-electron chi connectivity index (χ4n) is 2.83. The first-order chi connectivity index (χ1) is 9.41. The Morgan fingerprint density at radius 3 is 2.50 bits per heavy atom. The molecule has 7 heteroatoms. The molecule has 20 heavy (non-hydrogen) atoms. The van der Waals surface area contributed by atoms with E-state index in [1.54, 1.807) is 11.9 Å². The third kappa shape index (κ3) is 3.65. The van der Waals surface area contributed by atoms with Gasteiger partial charge in [0, 0.05) is 33.0 Å². The lowest BCUT2D eigenvalue weighted by Crippen LogP contribution is -2.47. The number of carbonyl (C=O) groups excluding carboxylic acids is 2. The van der Waals surface area contributed by atoms with E-state index >= 15 is 0 Å². The fourth-order valence-corrected chi connectivity index (χ4v) is 2.83. The molecule has 2 amide bonds. The van der Waals surface area contributed by atoms with Crippen molar-refractivity contribution in [3.63, 3.8) is 0 Å². The van der Waals surface area contributed by atoms with Gasteiger partial charge >= 0.3 is 0 Å². The molecule has 2 fully saturated rings. The topological polar surface area (TPSA) is 61.4 Å². The van der Waals surface area contributed by atoms with Crippen molar-refractivity contribution in [2.75, 3.05) is 26.7 Å². The number of alkyl halides is 2. The van der Waals surface area contributed by atoms with Crippen LogP contribution in [0, 0.1) is 5.92 Å². The largest absolute Gasteiger partial charge is 0.359 e. The quantitative estimate of drug-likeness (QED) is 0.788.